The molecule has 2 atom stereocenters. The van der Waals surface area contributed by atoms with E-state index in [9.17, 15) is 15.0 Å². The summed E-state index contributed by atoms with van der Waals surface area (Å²) >= 11 is 0. The molecule has 0 radical (unpaired) electrons. The number of aromatic hydroxyl groups is 1. The molecule has 1 aliphatic rings. The first-order valence-electron chi connectivity index (χ1n) is 11.8. The third-order valence-electron chi connectivity index (χ3n) is 6.68. The zero-order chi connectivity index (χ0) is 24.4. The van der Waals surface area contributed by atoms with Gasteiger partial charge in [0.1, 0.15) is 11.6 Å². The van der Waals surface area contributed by atoms with Crippen LogP contribution in [0.3, 0.4) is 0 Å². The van der Waals surface area contributed by atoms with Crippen molar-refractivity contribution in [2.75, 3.05) is 18.0 Å². The first-order valence-corrected chi connectivity index (χ1v) is 11.8. The van der Waals surface area contributed by atoms with Crippen molar-refractivity contribution < 1.29 is 15.0 Å². The molecule has 35 heavy (non-hydrogen) atoms. The molecule has 5 rings (SSSR count). The van der Waals surface area contributed by atoms with Gasteiger partial charge in [-0.25, -0.2) is 14.8 Å². The van der Waals surface area contributed by atoms with E-state index in [-0.39, 0.29) is 17.7 Å². The number of aryl methyl sites for hydroxylation is 1. The molecule has 1 saturated heterocycles. The van der Waals surface area contributed by atoms with Crippen molar-refractivity contribution in [1.29, 1.82) is 0 Å². The summed E-state index contributed by atoms with van der Waals surface area (Å²) in [5.41, 5.74) is 3.61. The fraction of sp³-hybridized carbons (Fsp3) is 0.250. The number of benzene rings is 3. The van der Waals surface area contributed by atoms with Gasteiger partial charge in [-0.05, 0) is 61.1 Å². The van der Waals surface area contributed by atoms with Gasteiger partial charge in [0.2, 0.25) is 0 Å². The Kier molecular flexibility index (Phi) is 6.23. The van der Waals surface area contributed by atoms with Crippen molar-refractivity contribution in [2.24, 2.45) is 5.92 Å². The van der Waals surface area contributed by atoms with Gasteiger partial charge in [-0.1, -0.05) is 48.5 Å². The standard InChI is InChI=1S/C28H28N4O3/c1-18-11-12-21-24(15-18)29-26(22-9-5-6-10-25(22)33)31-27(21)32-14-13-20(17-32)23(30-28(34)35)16-19-7-3-2-4-8-19/h2-12,15,20,23,30,33H,13-14,16-17H2,1H3,(H,34,35)/t20-,23?/m0/s1. The molecule has 2 heterocycles. The molecule has 7 heteroatoms. The number of phenolic OH excluding ortho intramolecular Hbond substituents is 1. The second-order valence-corrected chi connectivity index (χ2v) is 9.15. The highest BCUT2D eigenvalue weighted by Crippen LogP contribution is 2.34. The van der Waals surface area contributed by atoms with Crippen LogP contribution in [-0.2, 0) is 6.42 Å². The largest absolute Gasteiger partial charge is 0.507 e. The molecule has 0 bridgehead atoms. The number of hydrogen-bond donors (Lipinski definition) is 3. The monoisotopic (exact) mass is 468 g/mol. The Bertz CT molecular complexity index is 1360. The lowest BCUT2D eigenvalue weighted by Crippen LogP contribution is -2.42. The molecule has 3 aromatic carbocycles. The molecule has 7 nitrogen and oxygen atoms in total. The number of carboxylic acid groups (broad SMARTS) is 1. The Morgan fingerprint density at radius 1 is 1.09 bits per heavy atom. The molecule has 1 fully saturated rings. The van der Waals surface area contributed by atoms with Crippen molar-refractivity contribution in [1.82, 2.24) is 15.3 Å². The Morgan fingerprint density at radius 2 is 1.86 bits per heavy atom. The Morgan fingerprint density at radius 3 is 2.63 bits per heavy atom. The first-order chi connectivity index (χ1) is 17.0. The molecular weight excluding hydrogens is 440 g/mol. The van der Waals surface area contributed by atoms with E-state index in [4.69, 9.17) is 9.97 Å². The van der Waals surface area contributed by atoms with E-state index in [1.165, 1.54) is 0 Å². The average molecular weight is 469 g/mol. The van der Waals surface area contributed by atoms with Crippen molar-refractivity contribution in [3.8, 4) is 17.1 Å². The molecule has 0 saturated carbocycles. The van der Waals surface area contributed by atoms with Crippen LogP contribution in [0.2, 0.25) is 0 Å². The number of amides is 1. The molecule has 1 aliphatic heterocycles. The molecule has 0 aliphatic carbocycles. The van der Waals surface area contributed by atoms with Crippen molar-refractivity contribution in [3.63, 3.8) is 0 Å². The molecule has 0 spiro atoms. The molecule has 1 unspecified atom stereocenters. The van der Waals surface area contributed by atoms with E-state index in [0.29, 0.717) is 24.4 Å². The smallest absolute Gasteiger partial charge is 0.404 e. The average Bonchev–Trinajstić information content (AvgIpc) is 3.34. The predicted molar refractivity (Wildman–Crippen MR) is 137 cm³/mol. The number of anilines is 1. The summed E-state index contributed by atoms with van der Waals surface area (Å²) in [4.78, 5) is 23.5. The molecule has 178 valence electrons. The van der Waals surface area contributed by atoms with E-state index in [1.54, 1.807) is 12.1 Å². The maximum atomic E-state index is 11.6. The van der Waals surface area contributed by atoms with E-state index in [2.05, 4.69) is 10.2 Å². The van der Waals surface area contributed by atoms with E-state index >= 15 is 0 Å². The lowest BCUT2D eigenvalue weighted by Gasteiger charge is -2.25. The number of fused-ring (bicyclic) bond motifs is 1. The Balaban J connectivity index is 1.49. The second kappa shape index (κ2) is 9.62. The van der Waals surface area contributed by atoms with E-state index < -0.39 is 6.09 Å². The van der Waals surface area contributed by atoms with Crippen molar-refractivity contribution >= 4 is 22.8 Å². The van der Waals surface area contributed by atoms with Gasteiger partial charge < -0.3 is 20.4 Å². The number of para-hydroxylation sites is 1. The van der Waals surface area contributed by atoms with Crippen LogP contribution in [0.25, 0.3) is 22.3 Å². The Labute approximate surface area is 204 Å². The quantitative estimate of drug-likeness (QED) is 0.368. The van der Waals surface area contributed by atoms with Crippen molar-refractivity contribution in [3.05, 3.63) is 83.9 Å². The third-order valence-corrected chi connectivity index (χ3v) is 6.68. The van der Waals surface area contributed by atoms with Crippen molar-refractivity contribution in [2.45, 2.75) is 25.8 Å². The maximum Gasteiger partial charge on any atom is 0.404 e. The Hall–Kier alpha value is -4.13. The summed E-state index contributed by atoms with van der Waals surface area (Å²) in [7, 11) is 0. The minimum Gasteiger partial charge on any atom is -0.507 e. The van der Waals surface area contributed by atoms with Crippen LogP contribution in [0.15, 0.2) is 72.8 Å². The summed E-state index contributed by atoms with van der Waals surface area (Å²) < 4.78 is 0. The normalized spacial score (nSPS) is 16.4. The van der Waals surface area contributed by atoms with Gasteiger partial charge in [-0.3, -0.25) is 0 Å². The fourth-order valence-corrected chi connectivity index (χ4v) is 4.92. The summed E-state index contributed by atoms with van der Waals surface area (Å²) in [5, 5.41) is 23.6. The molecule has 1 aromatic heterocycles. The molecule has 4 aromatic rings. The number of carbonyl (C=O) groups is 1. The maximum absolute atomic E-state index is 11.6. The SMILES string of the molecule is Cc1ccc2c(N3CC[C@H](C(Cc4ccccc4)NC(=O)O)C3)nc(-c3ccccc3O)nc2c1. The van der Waals surface area contributed by atoms with E-state index in [0.717, 1.165) is 40.8 Å². The van der Waals surface area contributed by atoms with Gasteiger partial charge in [0.05, 0.1) is 11.1 Å². The highest BCUT2D eigenvalue weighted by molar-refractivity contribution is 5.92. The summed E-state index contributed by atoms with van der Waals surface area (Å²) in [5.74, 6) is 1.56. The van der Waals surface area contributed by atoms with Crippen LogP contribution in [0.4, 0.5) is 10.6 Å². The summed E-state index contributed by atoms with van der Waals surface area (Å²) in [6.07, 6.45) is 0.480. The van der Waals surface area contributed by atoms with Gasteiger partial charge in [0.15, 0.2) is 5.82 Å². The zero-order valence-electron chi connectivity index (χ0n) is 19.6. The highest BCUT2D eigenvalue weighted by atomic mass is 16.4. The lowest BCUT2D eigenvalue weighted by atomic mass is 9.93. The molecule has 1 amide bonds. The van der Waals surface area contributed by atoms with Crippen LogP contribution in [0, 0.1) is 12.8 Å². The van der Waals surface area contributed by atoms with Gasteiger partial charge in [-0.2, -0.15) is 0 Å². The van der Waals surface area contributed by atoms with Crippen LogP contribution >= 0.6 is 0 Å². The number of aromatic nitrogens is 2. The zero-order valence-corrected chi connectivity index (χ0v) is 19.6. The van der Waals surface area contributed by atoms with Gasteiger partial charge >= 0.3 is 6.09 Å². The van der Waals surface area contributed by atoms with Crippen LogP contribution in [-0.4, -0.2) is 45.4 Å². The second-order valence-electron chi connectivity index (χ2n) is 9.15. The minimum atomic E-state index is -1.01. The fourth-order valence-electron chi connectivity index (χ4n) is 4.92. The van der Waals surface area contributed by atoms with Gasteiger partial charge in [-0.15, -0.1) is 0 Å². The summed E-state index contributed by atoms with van der Waals surface area (Å²) in [6, 6.07) is 23.0. The molecular formula is C28H28N4O3. The number of phenols is 1. The van der Waals surface area contributed by atoms with Crippen LogP contribution in [0.1, 0.15) is 17.5 Å². The number of rotatable bonds is 6. The first kappa shape index (κ1) is 22.7. The summed E-state index contributed by atoms with van der Waals surface area (Å²) in [6.45, 7) is 3.47. The third kappa shape index (κ3) is 4.89. The number of hydrogen-bond acceptors (Lipinski definition) is 5. The van der Waals surface area contributed by atoms with Crippen LogP contribution < -0.4 is 10.2 Å². The highest BCUT2D eigenvalue weighted by Gasteiger charge is 2.32. The van der Waals surface area contributed by atoms with Gasteiger partial charge in [0, 0.05) is 24.5 Å². The number of nitrogens with one attached hydrogen (secondary N) is 1. The topological polar surface area (TPSA) is 98.6 Å². The number of nitrogens with zero attached hydrogens (tertiary/aromatic N) is 3. The van der Waals surface area contributed by atoms with Crippen LogP contribution in [0.5, 0.6) is 5.75 Å². The van der Waals surface area contributed by atoms with E-state index in [1.807, 2.05) is 67.6 Å². The minimum absolute atomic E-state index is 0.135. The van der Waals surface area contributed by atoms with Gasteiger partial charge in [0.25, 0.3) is 0 Å². The molecule has 3 N–H and O–H groups in total. The lowest BCUT2D eigenvalue weighted by molar-refractivity contribution is 0.185. The predicted octanol–water partition coefficient (Wildman–Crippen LogP) is 5.02.